The predicted molar refractivity (Wildman–Crippen MR) is 138 cm³/mol. The molecule has 0 aliphatic rings. The zero-order valence-corrected chi connectivity index (χ0v) is 21.7. The number of carbonyl (C=O) groups excluding carboxylic acids is 1. The highest BCUT2D eigenvalue weighted by Crippen LogP contribution is 2.39. The number of aromatic nitrogens is 1. The van der Waals surface area contributed by atoms with E-state index < -0.39 is 28.1 Å². The van der Waals surface area contributed by atoms with Crippen LogP contribution in [-0.4, -0.2) is 39.4 Å². The average molecular weight is 567 g/mol. The van der Waals surface area contributed by atoms with Gasteiger partial charge < -0.3 is 14.5 Å². The molecule has 4 aromatic rings. The molecule has 0 amide bonds. The molecule has 12 heteroatoms. The zero-order chi connectivity index (χ0) is 27.7. The molecule has 0 aliphatic heterocycles. The van der Waals surface area contributed by atoms with Gasteiger partial charge >= 0.3 is 12.3 Å². The SMILES string of the molecule is CCN(c1ccccc1OC(F)(F)F)S(=O)(=O)c1cc(-c2[nH]c3ccccc3c2CC(=O)OC)ccc1Cl. The number of rotatable bonds is 8. The smallest absolute Gasteiger partial charge is 0.469 e. The number of para-hydroxylation sites is 3. The minimum atomic E-state index is -5.03. The van der Waals surface area contributed by atoms with E-state index in [1.54, 1.807) is 12.1 Å². The first-order chi connectivity index (χ1) is 18.0. The van der Waals surface area contributed by atoms with Gasteiger partial charge in [0.15, 0.2) is 5.75 Å². The van der Waals surface area contributed by atoms with E-state index in [0.717, 1.165) is 15.8 Å². The maximum Gasteiger partial charge on any atom is 0.573 e. The first-order valence-corrected chi connectivity index (χ1v) is 13.1. The second kappa shape index (κ2) is 10.6. The topological polar surface area (TPSA) is 88.7 Å². The number of benzene rings is 3. The molecule has 1 heterocycles. The Hall–Kier alpha value is -3.70. The molecule has 0 spiro atoms. The molecule has 0 unspecified atom stereocenters. The molecule has 0 fully saturated rings. The highest BCUT2D eigenvalue weighted by Gasteiger charge is 2.35. The molecule has 0 aliphatic carbocycles. The standard InChI is InChI=1S/C26H22ClF3N2O5S/c1-3-32(21-10-6-7-11-22(21)37-26(28,29)30)38(34,35)23-14-16(12-13-19(23)27)25-18(15-24(33)36-2)17-8-4-5-9-20(17)31-25/h4-14,31H,3,15H2,1-2H3. The first-order valence-electron chi connectivity index (χ1n) is 11.3. The Morgan fingerprint density at radius 2 is 1.74 bits per heavy atom. The summed E-state index contributed by atoms with van der Waals surface area (Å²) in [5, 5.41) is 0.618. The monoisotopic (exact) mass is 566 g/mol. The van der Waals surface area contributed by atoms with Crippen LogP contribution >= 0.6 is 11.6 Å². The Morgan fingerprint density at radius 1 is 1.05 bits per heavy atom. The molecule has 200 valence electrons. The lowest BCUT2D eigenvalue weighted by Gasteiger charge is -2.26. The number of hydrogen-bond acceptors (Lipinski definition) is 5. The van der Waals surface area contributed by atoms with Crippen molar-refractivity contribution in [3.05, 3.63) is 77.3 Å². The molecule has 7 nitrogen and oxygen atoms in total. The predicted octanol–water partition coefficient (Wildman–Crippen LogP) is 6.32. The molecule has 3 aromatic carbocycles. The Labute approximate surface area is 221 Å². The van der Waals surface area contributed by atoms with Crippen LogP contribution in [0.1, 0.15) is 12.5 Å². The summed E-state index contributed by atoms with van der Waals surface area (Å²) in [5.41, 5.74) is 1.89. The quantitative estimate of drug-likeness (QED) is 0.252. The van der Waals surface area contributed by atoms with Gasteiger partial charge in [-0.2, -0.15) is 0 Å². The molecule has 38 heavy (non-hydrogen) atoms. The number of carbonyl (C=O) groups is 1. The molecule has 0 bridgehead atoms. The highest BCUT2D eigenvalue weighted by molar-refractivity contribution is 7.93. The molecule has 1 aromatic heterocycles. The largest absolute Gasteiger partial charge is 0.573 e. The van der Waals surface area contributed by atoms with Gasteiger partial charge in [-0.15, -0.1) is 13.2 Å². The lowest BCUT2D eigenvalue weighted by molar-refractivity contribution is -0.274. The Balaban J connectivity index is 1.85. The van der Waals surface area contributed by atoms with E-state index in [1.807, 2.05) is 18.2 Å². The fourth-order valence-electron chi connectivity index (χ4n) is 4.17. The van der Waals surface area contributed by atoms with Crippen LogP contribution in [0.3, 0.4) is 0 Å². The first kappa shape index (κ1) is 27.3. The van der Waals surface area contributed by atoms with Gasteiger partial charge in [0, 0.05) is 17.4 Å². The van der Waals surface area contributed by atoms with Crippen LogP contribution in [0.5, 0.6) is 5.75 Å². The summed E-state index contributed by atoms with van der Waals surface area (Å²) in [6.07, 6.45) is -5.10. The van der Waals surface area contributed by atoms with Crippen LogP contribution in [0.15, 0.2) is 71.6 Å². The van der Waals surface area contributed by atoms with Crippen LogP contribution in [0.2, 0.25) is 5.02 Å². The number of aromatic amines is 1. The van der Waals surface area contributed by atoms with E-state index in [9.17, 15) is 26.4 Å². The van der Waals surface area contributed by atoms with Crippen molar-refractivity contribution in [2.75, 3.05) is 18.0 Å². The number of halogens is 4. The van der Waals surface area contributed by atoms with Crippen molar-refractivity contribution in [1.82, 2.24) is 4.98 Å². The molecule has 0 saturated heterocycles. The zero-order valence-electron chi connectivity index (χ0n) is 20.2. The minimum absolute atomic E-state index is 0.0796. The highest BCUT2D eigenvalue weighted by atomic mass is 35.5. The summed E-state index contributed by atoms with van der Waals surface area (Å²) in [4.78, 5) is 15.0. The molecular weight excluding hydrogens is 545 g/mol. The number of esters is 1. The van der Waals surface area contributed by atoms with Crippen molar-refractivity contribution in [3.8, 4) is 17.0 Å². The van der Waals surface area contributed by atoms with Crippen molar-refractivity contribution in [2.45, 2.75) is 24.6 Å². The van der Waals surface area contributed by atoms with Gasteiger partial charge in [-0.05, 0) is 48.4 Å². The molecule has 1 N–H and O–H groups in total. The van der Waals surface area contributed by atoms with Crippen molar-refractivity contribution < 1.29 is 35.9 Å². The lowest BCUT2D eigenvalue weighted by Crippen LogP contribution is -2.32. The number of alkyl halides is 3. The number of fused-ring (bicyclic) bond motifs is 1. The van der Waals surface area contributed by atoms with Crippen LogP contribution in [-0.2, 0) is 26.0 Å². The van der Waals surface area contributed by atoms with Crippen LogP contribution in [0.25, 0.3) is 22.2 Å². The third-order valence-electron chi connectivity index (χ3n) is 5.80. The third kappa shape index (κ3) is 5.44. The van der Waals surface area contributed by atoms with Gasteiger partial charge in [0.25, 0.3) is 10.0 Å². The second-order valence-electron chi connectivity index (χ2n) is 8.11. The normalized spacial score (nSPS) is 11.9. The minimum Gasteiger partial charge on any atom is -0.469 e. The number of hydrogen-bond donors (Lipinski definition) is 1. The van der Waals surface area contributed by atoms with Crippen LogP contribution < -0.4 is 9.04 Å². The van der Waals surface area contributed by atoms with E-state index in [4.69, 9.17) is 16.3 Å². The maximum atomic E-state index is 13.8. The van der Waals surface area contributed by atoms with Gasteiger partial charge in [-0.3, -0.25) is 9.10 Å². The molecular formula is C26H22ClF3N2O5S. The summed E-state index contributed by atoms with van der Waals surface area (Å²) < 4.78 is 76.3. The fraction of sp³-hybridized carbons (Fsp3) is 0.192. The number of nitrogens with one attached hydrogen (secondary N) is 1. The van der Waals surface area contributed by atoms with E-state index in [2.05, 4.69) is 9.72 Å². The summed E-state index contributed by atoms with van der Waals surface area (Å²) >= 11 is 6.33. The lowest BCUT2D eigenvalue weighted by atomic mass is 10.0. The molecule has 0 radical (unpaired) electrons. The van der Waals surface area contributed by atoms with Gasteiger partial charge in [0.2, 0.25) is 0 Å². The van der Waals surface area contributed by atoms with Gasteiger partial charge in [-0.25, -0.2) is 8.42 Å². The summed E-state index contributed by atoms with van der Waals surface area (Å²) in [6.45, 7) is 1.27. The fourth-order valence-corrected chi connectivity index (χ4v) is 6.15. The molecule has 0 atom stereocenters. The van der Waals surface area contributed by atoms with Crippen molar-refractivity contribution in [1.29, 1.82) is 0 Å². The molecule has 0 saturated carbocycles. The summed E-state index contributed by atoms with van der Waals surface area (Å²) in [7, 11) is -3.20. The number of nitrogens with zero attached hydrogens (tertiary/aromatic N) is 1. The number of ether oxygens (including phenoxy) is 2. The van der Waals surface area contributed by atoms with Gasteiger partial charge in [0.05, 0.1) is 29.9 Å². The number of H-pyrrole nitrogens is 1. The Bertz CT molecular complexity index is 1600. The van der Waals surface area contributed by atoms with Crippen molar-refractivity contribution >= 4 is 44.2 Å². The molecule has 4 rings (SSSR count). The number of sulfonamides is 1. The van der Waals surface area contributed by atoms with Crippen molar-refractivity contribution in [2.24, 2.45) is 0 Å². The van der Waals surface area contributed by atoms with E-state index in [0.29, 0.717) is 22.3 Å². The number of anilines is 1. The van der Waals surface area contributed by atoms with E-state index >= 15 is 0 Å². The Morgan fingerprint density at radius 3 is 2.42 bits per heavy atom. The second-order valence-corrected chi connectivity index (χ2v) is 10.3. The van der Waals surface area contributed by atoms with Crippen LogP contribution in [0.4, 0.5) is 18.9 Å². The summed E-state index contributed by atoms with van der Waals surface area (Å²) in [5.74, 6) is -1.16. The van der Waals surface area contributed by atoms with Gasteiger partial charge in [0.1, 0.15) is 4.90 Å². The third-order valence-corrected chi connectivity index (χ3v) is 8.17. The van der Waals surface area contributed by atoms with E-state index in [1.165, 1.54) is 44.4 Å². The van der Waals surface area contributed by atoms with Crippen LogP contribution in [0, 0.1) is 0 Å². The summed E-state index contributed by atoms with van der Waals surface area (Å²) in [6, 6.07) is 16.5. The van der Waals surface area contributed by atoms with E-state index in [-0.39, 0.29) is 28.6 Å². The maximum absolute atomic E-state index is 13.8. The average Bonchev–Trinajstić information content (AvgIpc) is 3.22. The Kier molecular flexibility index (Phi) is 7.61. The van der Waals surface area contributed by atoms with Gasteiger partial charge in [-0.1, -0.05) is 48.0 Å². The van der Waals surface area contributed by atoms with Crippen molar-refractivity contribution in [3.63, 3.8) is 0 Å². The number of methoxy groups -OCH3 is 1.